The number of anilines is 2. The van der Waals surface area contributed by atoms with E-state index in [0.717, 1.165) is 22.1 Å². The first-order chi connectivity index (χ1) is 19.3. The molecule has 2 aromatic heterocycles. The molecule has 0 bridgehead atoms. The summed E-state index contributed by atoms with van der Waals surface area (Å²) in [6.07, 6.45) is -0.0842. The predicted molar refractivity (Wildman–Crippen MR) is 160 cm³/mol. The number of benzene rings is 4. The second-order valence-electron chi connectivity index (χ2n) is 9.87. The summed E-state index contributed by atoms with van der Waals surface area (Å²) in [7, 11) is 3.80. The lowest BCUT2D eigenvalue weighted by atomic mass is 10.1. The molecule has 0 unspecified atom stereocenters. The van der Waals surface area contributed by atoms with Crippen molar-refractivity contribution in [1.82, 2.24) is 9.13 Å². The number of hydrogen-bond acceptors (Lipinski definition) is 4. The first kappa shape index (κ1) is 25.1. The number of aromatic nitrogens is 2. The molecule has 0 aliphatic rings. The number of amides is 2. The van der Waals surface area contributed by atoms with Gasteiger partial charge in [-0.15, -0.1) is 0 Å². The van der Waals surface area contributed by atoms with Crippen molar-refractivity contribution in [2.75, 3.05) is 10.6 Å². The standard InChI is InChI=1S/C32H26N4O4/c1-35-25-9-5-3-7-21(25)31(39)23-17-19(11-13-27(23)35)33-29(37)15-16-30(38)34-20-12-14-28-24(18-20)32(40)22-8-4-6-10-26(22)36(28)2/h3-14,17-18H,15-16H2,1-2H3,(H,33,37)(H,34,38). The van der Waals surface area contributed by atoms with Gasteiger partial charge in [-0.25, -0.2) is 0 Å². The molecule has 2 amide bonds. The maximum atomic E-state index is 13.1. The Morgan fingerprint density at radius 3 is 1.35 bits per heavy atom. The Morgan fingerprint density at radius 2 is 0.925 bits per heavy atom. The number of nitrogens with zero attached hydrogens (tertiary/aromatic N) is 2. The van der Waals surface area contributed by atoms with E-state index in [2.05, 4.69) is 10.6 Å². The van der Waals surface area contributed by atoms with Crippen LogP contribution in [0.1, 0.15) is 12.8 Å². The Balaban J connectivity index is 1.15. The molecule has 40 heavy (non-hydrogen) atoms. The molecule has 2 heterocycles. The molecular weight excluding hydrogens is 504 g/mol. The minimum atomic E-state index is -0.342. The molecule has 8 nitrogen and oxygen atoms in total. The van der Waals surface area contributed by atoms with Crippen molar-refractivity contribution in [1.29, 1.82) is 0 Å². The monoisotopic (exact) mass is 530 g/mol. The van der Waals surface area contributed by atoms with Crippen molar-refractivity contribution in [2.24, 2.45) is 14.1 Å². The normalized spacial score (nSPS) is 11.3. The molecule has 6 aromatic rings. The molecule has 6 rings (SSSR count). The van der Waals surface area contributed by atoms with E-state index in [4.69, 9.17) is 0 Å². The van der Waals surface area contributed by atoms with Crippen molar-refractivity contribution in [3.05, 3.63) is 105 Å². The van der Waals surface area contributed by atoms with E-state index in [1.54, 1.807) is 48.5 Å². The van der Waals surface area contributed by atoms with Gasteiger partial charge in [0.25, 0.3) is 0 Å². The van der Waals surface area contributed by atoms with Gasteiger partial charge in [0.05, 0.1) is 22.1 Å². The van der Waals surface area contributed by atoms with Crippen molar-refractivity contribution in [2.45, 2.75) is 12.8 Å². The smallest absolute Gasteiger partial charge is 0.224 e. The number of aryl methyl sites for hydroxylation is 2. The number of nitrogens with one attached hydrogen (secondary N) is 2. The van der Waals surface area contributed by atoms with Gasteiger partial charge in [-0.1, -0.05) is 24.3 Å². The molecule has 0 saturated heterocycles. The van der Waals surface area contributed by atoms with Crippen LogP contribution >= 0.6 is 0 Å². The number of hydrogen-bond donors (Lipinski definition) is 2. The molecular formula is C32H26N4O4. The highest BCUT2D eigenvalue weighted by molar-refractivity contribution is 6.01. The molecule has 0 aliphatic heterocycles. The van der Waals surface area contributed by atoms with Crippen LogP contribution in [0.4, 0.5) is 11.4 Å². The average Bonchev–Trinajstić information content (AvgIpc) is 2.97. The van der Waals surface area contributed by atoms with E-state index < -0.39 is 0 Å². The van der Waals surface area contributed by atoms with Gasteiger partial charge in [-0.3, -0.25) is 19.2 Å². The molecule has 2 N–H and O–H groups in total. The Bertz CT molecular complexity index is 1970. The molecule has 8 heteroatoms. The second-order valence-corrected chi connectivity index (χ2v) is 9.87. The van der Waals surface area contributed by atoms with Crippen molar-refractivity contribution in [3.8, 4) is 0 Å². The summed E-state index contributed by atoms with van der Waals surface area (Å²) in [4.78, 5) is 51.4. The van der Waals surface area contributed by atoms with Gasteiger partial charge >= 0.3 is 0 Å². The summed E-state index contributed by atoms with van der Waals surface area (Å²) in [5.41, 5.74) is 3.98. The van der Waals surface area contributed by atoms with Crippen molar-refractivity contribution >= 4 is 66.8 Å². The minimum absolute atomic E-state index is 0.0421. The van der Waals surface area contributed by atoms with Crippen LogP contribution in [0.3, 0.4) is 0 Å². The molecule has 0 fully saturated rings. The van der Waals surface area contributed by atoms with Gasteiger partial charge in [0.15, 0.2) is 10.9 Å². The highest BCUT2D eigenvalue weighted by Crippen LogP contribution is 2.23. The average molecular weight is 531 g/mol. The van der Waals surface area contributed by atoms with Gasteiger partial charge in [0.1, 0.15) is 0 Å². The van der Waals surface area contributed by atoms with E-state index in [0.29, 0.717) is 32.9 Å². The first-order valence-electron chi connectivity index (χ1n) is 12.9. The fraction of sp³-hybridized carbons (Fsp3) is 0.125. The lowest BCUT2D eigenvalue weighted by molar-refractivity contribution is -0.121. The van der Waals surface area contributed by atoms with Crippen LogP contribution in [0.25, 0.3) is 43.6 Å². The maximum Gasteiger partial charge on any atom is 0.224 e. The van der Waals surface area contributed by atoms with Crippen LogP contribution in [0.15, 0.2) is 94.5 Å². The van der Waals surface area contributed by atoms with Gasteiger partial charge in [0, 0.05) is 59.9 Å². The lowest BCUT2D eigenvalue weighted by Crippen LogP contribution is -2.18. The SMILES string of the molecule is Cn1c2ccccc2c(=O)c2cc(NC(=O)CCC(=O)Nc3ccc4c(c3)c(=O)c3ccccc3n4C)ccc21. The van der Waals surface area contributed by atoms with Crippen molar-refractivity contribution < 1.29 is 9.59 Å². The molecule has 0 saturated carbocycles. The molecule has 0 spiro atoms. The zero-order chi connectivity index (χ0) is 28.0. The summed E-state index contributed by atoms with van der Waals surface area (Å²) in [5.74, 6) is -0.683. The quantitative estimate of drug-likeness (QED) is 0.305. The van der Waals surface area contributed by atoms with E-state index >= 15 is 0 Å². The van der Waals surface area contributed by atoms with Gasteiger partial charge in [-0.2, -0.15) is 0 Å². The number of pyridine rings is 2. The van der Waals surface area contributed by atoms with Crippen molar-refractivity contribution in [3.63, 3.8) is 0 Å². The van der Waals surface area contributed by atoms with Crippen LogP contribution in [-0.4, -0.2) is 20.9 Å². The van der Waals surface area contributed by atoms with E-state index in [-0.39, 0.29) is 35.5 Å². The summed E-state index contributed by atoms with van der Waals surface area (Å²) in [5, 5.41) is 7.81. The van der Waals surface area contributed by atoms with E-state index in [9.17, 15) is 19.2 Å². The number of fused-ring (bicyclic) bond motifs is 4. The second kappa shape index (κ2) is 9.81. The highest BCUT2D eigenvalue weighted by atomic mass is 16.2. The molecule has 198 valence electrons. The largest absolute Gasteiger partial charge is 0.343 e. The van der Waals surface area contributed by atoms with E-state index in [1.165, 1.54) is 0 Å². The number of rotatable bonds is 5. The third-order valence-corrected chi connectivity index (χ3v) is 7.37. The summed E-state index contributed by atoms with van der Waals surface area (Å²) in [6.45, 7) is 0. The van der Waals surface area contributed by atoms with Crippen LogP contribution in [0.5, 0.6) is 0 Å². The minimum Gasteiger partial charge on any atom is -0.343 e. The van der Waals surface area contributed by atoms with Crippen LogP contribution < -0.4 is 21.5 Å². The zero-order valence-corrected chi connectivity index (χ0v) is 22.0. The van der Waals surface area contributed by atoms with Gasteiger partial charge in [0.2, 0.25) is 11.8 Å². The third-order valence-electron chi connectivity index (χ3n) is 7.37. The lowest BCUT2D eigenvalue weighted by Gasteiger charge is -2.12. The first-order valence-corrected chi connectivity index (χ1v) is 12.9. The van der Waals surface area contributed by atoms with Crippen LogP contribution in [0.2, 0.25) is 0 Å². The van der Waals surface area contributed by atoms with Crippen LogP contribution in [-0.2, 0) is 23.7 Å². The molecule has 4 aromatic carbocycles. The predicted octanol–water partition coefficient (Wildman–Crippen LogP) is 5.05. The molecule has 0 radical (unpaired) electrons. The highest BCUT2D eigenvalue weighted by Gasteiger charge is 2.13. The van der Waals surface area contributed by atoms with E-state index in [1.807, 2.05) is 59.6 Å². The Morgan fingerprint density at radius 1 is 0.550 bits per heavy atom. The molecule has 0 atom stereocenters. The Hall–Kier alpha value is -5.24. The topological polar surface area (TPSA) is 102 Å². The Kier molecular flexibility index (Phi) is 6.15. The number of para-hydroxylation sites is 2. The maximum absolute atomic E-state index is 13.1. The van der Waals surface area contributed by atoms with Crippen LogP contribution in [0, 0.1) is 0 Å². The summed E-state index contributed by atoms with van der Waals surface area (Å²) >= 11 is 0. The summed E-state index contributed by atoms with van der Waals surface area (Å²) in [6, 6.07) is 25.2. The fourth-order valence-electron chi connectivity index (χ4n) is 5.32. The summed E-state index contributed by atoms with van der Waals surface area (Å²) < 4.78 is 3.90. The fourth-order valence-corrected chi connectivity index (χ4v) is 5.32. The number of carbonyl (C=O) groups excluding carboxylic acids is 2. The zero-order valence-electron chi connectivity index (χ0n) is 22.0. The number of carbonyl (C=O) groups is 2. The third kappa shape index (κ3) is 4.29. The Labute approximate surface area is 228 Å². The van der Waals surface area contributed by atoms with Gasteiger partial charge in [-0.05, 0) is 60.7 Å². The van der Waals surface area contributed by atoms with Gasteiger partial charge < -0.3 is 19.8 Å². The molecule has 0 aliphatic carbocycles.